The van der Waals surface area contributed by atoms with Gasteiger partial charge in [0.2, 0.25) is 5.91 Å². The van der Waals surface area contributed by atoms with Crippen molar-refractivity contribution in [3.05, 3.63) is 23.2 Å². The molecular formula is C16H26Cl3N3O. The molecule has 0 spiro atoms. The van der Waals surface area contributed by atoms with Crippen LogP contribution in [-0.4, -0.2) is 33.1 Å². The Morgan fingerprint density at radius 2 is 1.96 bits per heavy atom. The van der Waals surface area contributed by atoms with Gasteiger partial charge in [0.05, 0.1) is 11.4 Å². The lowest BCUT2D eigenvalue weighted by molar-refractivity contribution is -0.116. The number of hydrogen-bond acceptors (Lipinski definition) is 3. The molecule has 0 aliphatic carbocycles. The number of nitrogens with zero attached hydrogens (tertiary/aromatic N) is 1. The molecule has 0 bridgehead atoms. The summed E-state index contributed by atoms with van der Waals surface area (Å²) < 4.78 is 0. The summed E-state index contributed by atoms with van der Waals surface area (Å²) in [6.45, 7) is 2.15. The fourth-order valence-corrected chi connectivity index (χ4v) is 2.89. The van der Waals surface area contributed by atoms with Crippen molar-refractivity contribution in [3.63, 3.8) is 0 Å². The van der Waals surface area contributed by atoms with Gasteiger partial charge in [-0.25, -0.2) is 0 Å². The van der Waals surface area contributed by atoms with E-state index >= 15 is 0 Å². The smallest absolute Gasteiger partial charge is 0.224 e. The first-order chi connectivity index (χ1) is 10.1. The zero-order chi connectivity index (χ0) is 15.2. The summed E-state index contributed by atoms with van der Waals surface area (Å²) in [5.74, 6) is 0.739. The summed E-state index contributed by atoms with van der Waals surface area (Å²) in [5, 5.41) is 6.97. The molecule has 4 nitrogen and oxygen atoms in total. The summed E-state index contributed by atoms with van der Waals surface area (Å²) in [6, 6.07) is 5.56. The van der Waals surface area contributed by atoms with Crippen LogP contribution in [0.15, 0.2) is 18.2 Å². The van der Waals surface area contributed by atoms with Crippen molar-refractivity contribution in [1.82, 2.24) is 5.32 Å². The van der Waals surface area contributed by atoms with E-state index in [1.165, 1.54) is 12.8 Å². The Kier molecular flexibility index (Phi) is 10.7. The van der Waals surface area contributed by atoms with Gasteiger partial charge < -0.3 is 15.5 Å². The van der Waals surface area contributed by atoms with E-state index in [1.54, 1.807) is 6.07 Å². The van der Waals surface area contributed by atoms with E-state index in [1.807, 2.05) is 31.1 Å². The number of amides is 1. The van der Waals surface area contributed by atoms with Gasteiger partial charge >= 0.3 is 0 Å². The second-order valence-electron chi connectivity index (χ2n) is 5.84. The van der Waals surface area contributed by atoms with E-state index in [-0.39, 0.29) is 30.7 Å². The first-order valence-corrected chi connectivity index (χ1v) is 7.91. The molecule has 0 radical (unpaired) electrons. The molecule has 0 atom stereocenters. The van der Waals surface area contributed by atoms with Crippen LogP contribution in [0.2, 0.25) is 5.02 Å². The molecule has 1 heterocycles. The van der Waals surface area contributed by atoms with Crippen LogP contribution in [0.25, 0.3) is 0 Å². The molecule has 1 aromatic carbocycles. The zero-order valence-corrected chi connectivity index (χ0v) is 16.0. The van der Waals surface area contributed by atoms with E-state index in [2.05, 4.69) is 10.6 Å². The van der Waals surface area contributed by atoms with E-state index < -0.39 is 0 Å². The van der Waals surface area contributed by atoms with Crippen molar-refractivity contribution < 1.29 is 4.79 Å². The topological polar surface area (TPSA) is 44.4 Å². The fraction of sp³-hybridized carbons (Fsp3) is 0.562. The Morgan fingerprint density at radius 1 is 1.30 bits per heavy atom. The van der Waals surface area contributed by atoms with Gasteiger partial charge in [-0.1, -0.05) is 11.6 Å². The fourth-order valence-electron chi connectivity index (χ4n) is 2.72. The van der Waals surface area contributed by atoms with Gasteiger partial charge in [-0.15, -0.1) is 24.8 Å². The van der Waals surface area contributed by atoms with Gasteiger partial charge in [0.25, 0.3) is 0 Å². The van der Waals surface area contributed by atoms with E-state index in [4.69, 9.17) is 11.6 Å². The Morgan fingerprint density at radius 3 is 2.57 bits per heavy atom. The van der Waals surface area contributed by atoms with Crippen LogP contribution in [0.4, 0.5) is 11.4 Å². The second kappa shape index (κ2) is 11.0. The summed E-state index contributed by atoms with van der Waals surface area (Å²) in [4.78, 5) is 14.1. The molecule has 23 heavy (non-hydrogen) atoms. The minimum Gasteiger partial charge on any atom is -0.376 e. The van der Waals surface area contributed by atoms with Gasteiger partial charge in [0.15, 0.2) is 0 Å². The molecule has 2 rings (SSSR count). The molecule has 1 saturated heterocycles. The van der Waals surface area contributed by atoms with Gasteiger partial charge in [-0.05, 0) is 56.5 Å². The SMILES string of the molecule is CN(C)c1ccc(Cl)cc1NC(=O)CCC1CCNCC1.Cl.Cl. The van der Waals surface area contributed by atoms with Crippen LogP contribution < -0.4 is 15.5 Å². The molecule has 1 amide bonds. The maximum atomic E-state index is 12.2. The first-order valence-electron chi connectivity index (χ1n) is 7.53. The largest absolute Gasteiger partial charge is 0.376 e. The number of hydrogen-bond donors (Lipinski definition) is 2. The van der Waals surface area contributed by atoms with Crippen molar-refractivity contribution in [2.75, 3.05) is 37.4 Å². The zero-order valence-electron chi connectivity index (χ0n) is 13.6. The Balaban J connectivity index is 0.00000242. The summed E-state index contributed by atoms with van der Waals surface area (Å²) in [6.07, 6.45) is 3.89. The van der Waals surface area contributed by atoms with Gasteiger partial charge in [0.1, 0.15) is 0 Å². The van der Waals surface area contributed by atoms with Gasteiger partial charge in [0, 0.05) is 25.5 Å². The number of carbonyl (C=O) groups is 1. The number of benzene rings is 1. The maximum Gasteiger partial charge on any atom is 0.224 e. The molecule has 7 heteroatoms. The molecule has 1 aliphatic heterocycles. The number of carbonyl (C=O) groups excluding carboxylic acids is 1. The van der Waals surface area contributed by atoms with Crippen LogP contribution in [0.5, 0.6) is 0 Å². The molecule has 1 aromatic rings. The predicted molar refractivity (Wildman–Crippen MR) is 104 cm³/mol. The molecule has 132 valence electrons. The highest BCUT2D eigenvalue weighted by molar-refractivity contribution is 6.31. The lowest BCUT2D eigenvalue weighted by Gasteiger charge is -2.22. The van der Waals surface area contributed by atoms with Crippen LogP contribution in [0.3, 0.4) is 0 Å². The Labute approximate surface area is 156 Å². The average Bonchev–Trinajstić information content (AvgIpc) is 2.46. The quantitative estimate of drug-likeness (QED) is 0.810. The van der Waals surface area contributed by atoms with Crippen LogP contribution in [-0.2, 0) is 4.79 Å². The highest BCUT2D eigenvalue weighted by atomic mass is 35.5. The van der Waals surface area contributed by atoms with Crippen molar-refractivity contribution in [3.8, 4) is 0 Å². The third-order valence-electron chi connectivity index (χ3n) is 3.95. The summed E-state index contributed by atoms with van der Waals surface area (Å²) in [7, 11) is 3.90. The summed E-state index contributed by atoms with van der Waals surface area (Å²) >= 11 is 6.03. The van der Waals surface area contributed by atoms with E-state index in [0.29, 0.717) is 17.4 Å². The number of nitrogens with one attached hydrogen (secondary N) is 2. The number of rotatable bonds is 5. The van der Waals surface area contributed by atoms with Crippen LogP contribution in [0.1, 0.15) is 25.7 Å². The van der Waals surface area contributed by atoms with Crippen molar-refractivity contribution in [1.29, 1.82) is 0 Å². The Bertz CT molecular complexity index is 491. The second-order valence-corrected chi connectivity index (χ2v) is 6.27. The molecule has 1 fully saturated rings. The van der Waals surface area contributed by atoms with Gasteiger partial charge in [-0.2, -0.15) is 0 Å². The molecule has 0 unspecified atom stereocenters. The molecule has 0 aromatic heterocycles. The highest BCUT2D eigenvalue weighted by Crippen LogP contribution is 2.28. The molecule has 2 N–H and O–H groups in total. The van der Waals surface area contributed by atoms with E-state index in [0.717, 1.165) is 30.9 Å². The number of anilines is 2. The third kappa shape index (κ3) is 7.17. The lowest BCUT2D eigenvalue weighted by atomic mass is 9.93. The predicted octanol–water partition coefficient (Wildman–Crippen LogP) is 3.97. The van der Waals surface area contributed by atoms with Crippen LogP contribution in [0, 0.1) is 5.92 Å². The normalized spacial score (nSPS) is 14.4. The minimum absolute atomic E-state index is 0. The maximum absolute atomic E-state index is 12.2. The van der Waals surface area contributed by atoms with Crippen LogP contribution >= 0.6 is 36.4 Å². The van der Waals surface area contributed by atoms with Gasteiger partial charge in [-0.3, -0.25) is 4.79 Å². The molecule has 0 saturated carbocycles. The van der Waals surface area contributed by atoms with Crippen molar-refractivity contribution in [2.24, 2.45) is 5.92 Å². The van der Waals surface area contributed by atoms with Crippen molar-refractivity contribution in [2.45, 2.75) is 25.7 Å². The molecule has 1 aliphatic rings. The highest BCUT2D eigenvalue weighted by Gasteiger charge is 2.15. The number of piperidine rings is 1. The lowest BCUT2D eigenvalue weighted by Crippen LogP contribution is -2.28. The monoisotopic (exact) mass is 381 g/mol. The average molecular weight is 383 g/mol. The Hall–Kier alpha value is -0.680. The van der Waals surface area contributed by atoms with E-state index in [9.17, 15) is 4.79 Å². The number of halogens is 3. The summed E-state index contributed by atoms with van der Waals surface area (Å²) in [5.41, 5.74) is 1.75. The minimum atomic E-state index is 0. The standard InChI is InChI=1S/C16H24ClN3O.2ClH/c1-20(2)15-5-4-13(17)11-14(15)19-16(21)6-3-12-7-9-18-10-8-12;;/h4-5,11-12,18H,3,6-10H2,1-2H3,(H,19,21);2*1H. The van der Waals surface area contributed by atoms with Crippen molar-refractivity contribution >= 4 is 53.7 Å². The third-order valence-corrected chi connectivity index (χ3v) is 4.19. The molecular weight excluding hydrogens is 357 g/mol. The first kappa shape index (κ1) is 22.3.